The number of rotatable bonds is 7. The number of carbonyl (C=O) groups excluding carboxylic acids is 1. The van der Waals surface area contributed by atoms with Gasteiger partial charge >= 0.3 is 0 Å². The summed E-state index contributed by atoms with van der Waals surface area (Å²) in [6, 6.07) is 11.1. The van der Waals surface area contributed by atoms with E-state index in [0.29, 0.717) is 29.5 Å². The monoisotopic (exact) mass is 367 g/mol. The van der Waals surface area contributed by atoms with Crippen LogP contribution in [0.25, 0.3) is 0 Å². The summed E-state index contributed by atoms with van der Waals surface area (Å²) in [6.45, 7) is 5.26. The lowest BCUT2D eigenvalue weighted by Gasteiger charge is -2.14. The first-order valence-corrected chi connectivity index (χ1v) is 9.63. The minimum Gasteiger partial charge on any atom is -0.493 e. The van der Waals surface area contributed by atoms with Gasteiger partial charge in [-0.2, -0.15) is 0 Å². The molecule has 1 amide bonds. The van der Waals surface area contributed by atoms with E-state index in [9.17, 15) is 4.79 Å². The second kappa shape index (κ2) is 7.51. The molecule has 2 aliphatic rings. The normalized spacial score (nSPS) is 17.8. The SMILES string of the molecule is CCOc1cc2c(cc1NC(=O)c1ccc(OCC3CC3)cc1)OC(C)C2. The maximum Gasteiger partial charge on any atom is 0.255 e. The molecule has 27 heavy (non-hydrogen) atoms. The van der Waals surface area contributed by atoms with Crippen molar-refractivity contribution in [1.82, 2.24) is 0 Å². The summed E-state index contributed by atoms with van der Waals surface area (Å²) in [5.41, 5.74) is 2.32. The van der Waals surface area contributed by atoms with Crippen LogP contribution in [0.2, 0.25) is 0 Å². The van der Waals surface area contributed by atoms with Gasteiger partial charge in [0.05, 0.1) is 18.9 Å². The van der Waals surface area contributed by atoms with Crippen LogP contribution in [0.4, 0.5) is 5.69 Å². The quantitative estimate of drug-likeness (QED) is 0.785. The third-order valence-electron chi connectivity index (χ3n) is 4.85. The van der Waals surface area contributed by atoms with E-state index in [-0.39, 0.29) is 12.0 Å². The average Bonchev–Trinajstić information content (AvgIpc) is 3.42. The van der Waals surface area contributed by atoms with Gasteiger partial charge in [-0.1, -0.05) is 0 Å². The minimum atomic E-state index is -0.185. The van der Waals surface area contributed by atoms with Gasteiger partial charge in [-0.3, -0.25) is 4.79 Å². The molecule has 5 heteroatoms. The molecule has 0 spiro atoms. The van der Waals surface area contributed by atoms with Crippen LogP contribution < -0.4 is 19.5 Å². The van der Waals surface area contributed by atoms with E-state index in [0.717, 1.165) is 30.1 Å². The number of nitrogens with one attached hydrogen (secondary N) is 1. The van der Waals surface area contributed by atoms with Gasteiger partial charge in [0.15, 0.2) is 0 Å². The molecule has 1 aliphatic carbocycles. The molecule has 2 aromatic rings. The average molecular weight is 367 g/mol. The van der Waals surface area contributed by atoms with E-state index in [1.165, 1.54) is 12.8 Å². The summed E-state index contributed by atoms with van der Waals surface area (Å²) in [7, 11) is 0. The highest BCUT2D eigenvalue weighted by molar-refractivity contribution is 6.05. The lowest BCUT2D eigenvalue weighted by Crippen LogP contribution is -2.13. The van der Waals surface area contributed by atoms with E-state index in [1.807, 2.05) is 38.1 Å². The third kappa shape index (κ3) is 4.18. The van der Waals surface area contributed by atoms with Crippen molar-refractivity contribution in [3.63, 3.8) is 0 Å². The molecule has 0 radical (unpaired) electrons. The molecule has 1 fully saturated rings. The standard InChI is InChI=1S/C22H25NO4/c1-3-25-21-11-17-10-14(2)27-20(17)12-19(21)23-22(24)16-6-8-18(9-7-16)26-13-15-4-5-15/h6-9,11-12,14-15H,3-5,10,13H2,1-2H3,(H,23,24). The second-order valence-corrected chi connectivity index (χ2v) is 7.25. The summed E-state index contributed by atoms with van der Waals surface area (Å²) in [5.74, 6) is 2.80. The van der Waals surface area contributed by atoms with E-state index in [1.54, 1.807) is 12.1 Å². The fourth-order valence-electron chi connectivity index (χ4n) is 3.21. The van der Waals surface area contributed by atoms with Crippen LogP contribution in [0, 0.1) is 5.92 Å². The van der Waals surface area contributed by atoms with E-state index < -0.39 is 0 Å². The molecule has 1 atom stereocenters. The summed E-state index contributed by atoms with van der Waals surface area (Å²) in [4.78, 5) is 12.7. The van der Waals surface area contributed by atoms with Crippen LogP contribution >= 0.6 is 0 Å². The van der Waals surface area contributed by atoms with Gasteiger partial charge in [0.25, 0.3) is 5.91 Å². The number of hydrogen-bond donors (Lipinski definition) is 1. The second-order valence-electron chi connectivity index (χ2n) is 7.25. The first-order valence-electron chi connectivity index (χ1n) is 9.63. The zero-order chi connectivity index (χ0) is 18.8. The van der Waals surface area contributed by atoms with Crippen LogP contribution in [0.5, 0.6) is 17.2 Å². The fraction of sp³-hybridized carbons (Fsp3) is 0.409. The Balaban J connectivity index is 1.47. The zero-order valence-electron chi connectivity index (χ0n) is 15.8. The number of amides is 1. The Labute approximate surface area is 159 Å². The van der Waals surface area contributed by atoms with Gasteiger partial charge in [-0.15, -0.1) is 0 Å². The summed E-state index contributed by atoms with van der Waals surface area (Å²) in [5, 5.41) is 2.95. The van der Waals surface area contributed by atoms with Crippen LogP contribution in [-0.4, -0.2) is 25.2 Å². The maximum atomic E-state index is 12.7. The molecule has 1 heterocycles. The third-order valence-corrected chi connectivity index (χ3v) is 4.85. The molecule has 1 saturated carbocycles. The van der Waals surface area contributed by atoms with Gasteiger partial charge < -0.3 is 19.5 Å². The Hall–Kier alpha value is -2.69. The maximum absolute atomic E-state index is 12.7. The van der Waals surface area contributed by atoms with E-state index in [4.69, 9.17) is 14.2 Å². The minimum absolute atomic E-state index is 0.142. The van der Waals surface area contributed by atoms with Crippen molar-refractivity contribution in [1.29, 1.82) is 0 Å². The Morgan fingerprint density at radius 1 is 1.19 bits per heavy atom. The number of benzene rings is 2. The predicted molar refractivity (Wildman–Crippen MR) is 104 cm³/mol. The Morgan fingerprint density at radius 3 is 2.67 bits per heavy atom. The van der Waals surface area contributed by atoms with Crippen molar-refractivity contribution in [2.75, 3.05) is 18.5 Å². The first-order chi connectivity index (χ1) is 13.1. The molecule has 0 aromatic heterocycles. The molecule has 1 aliphatic heterocycles. The van der Waals surface area contributed by atoms with Crippen LogP contribution in [0.3, 0.4) is 0 Å². The lowest BCUT2D eigenvalue weighted by atomic mass is 10.1. The van der Waals surface area contributed by atoms with Crippen LogP contribution in [-0.2, 0) is 6.42 Å². The molecule has 4 rings (SSSR count). The molecule has 1 unspecified atom stereocenters. The molecule has 5 nitrogen and oxygen atoms in total. The first kappa shape index (κ1) is 17.7. The largest absolute Gasteiger partial charge is 0.493 e. The molecule has 0 saturated heterocycles. The molecule has 142 valence electrons. The smallest absolute Gasteiger partial charge is 0.255 e. The number of ether oxygens (including phenoxy) is 3. The molecule has 2 aromatic carbocycles. The van der Waals surface area contributed by atoms with Gasteiger partial charge in [0.2, 0.25) is 0 Å². The molecule has 0 bridgehead atoms. The van der Waals surface area contributed by atoms with Gasteiger partial charge in [-0.05, 0) is 62.9 Å². The molecular formula is C22H25NO4. The van der Waals surface area contributed by atoms with Crippen molar-refractivity contribution in [2.24, 2.45) is 5.92 Å². The van der Waals surface area contributed by atoms with Crippen LogP contribution in [0.15, 0.2) is 36.4 Å². The Bertz CT molecular complexity index is 827. The topological polar surface area (TPSA) is 56.8 Å². The number of fused-ring (bicyclic) bond motifs is 1. The number of hydrogen-bond acceptors (Lipinski definition) is 4. The van der Waals surface area contributed by atoms with Gasteiger partial charge in [0.1, 0.15) is 23.4 Å². The zero-order valence-corrected chi connectivity index (χ0v) is 15.8. The highest BCUT2D eigenvalue weighted by Gasteiger charge is 2.23. The Morgan fingerprint density at radius 2 is 1.96 bits per heavy atom. The summed E-state index contributed by atoms with van der Waals surface area (Å²) in [6.07, 6.45) is 3.51. The summed E-state index contributed by atoms with van der Waals surface area (Å²) >= 11 is 0. The Kier molecular flexibility index (Phi) is 4.92. The van der Waals surface area contributed by atoms with Crippen molar-refractivity contribution in [3.05, 3.63) is 47.5 Å². The highest BCUT2D eigenvalue weighted by atomic mass is 16.5. The van der Waals surface area contributed by atoms with Crippen molar-refractivity contribution in [2.45, 2.75) is 39.2 Å². The molecular weight excluding hydrogens is 342 g/mol. The van der Waals surface area contributed by atoms with Gasteiger partial charge in [-0.25, -0.2) is 0 Å². The van der Waals surface area contributed by atoms with Gasteiger partial charge in [0, 0.05) is 23.6 Å². The lowest BCUT2D eigenvalue weighted by molar-refractivity contribution is 0.102. The van der Waals surface area contributed by atoms with Crippen molar-refractivity contribution < 1.29 is 19.0 Å². The highest BCUT2D eigenvalue weighted by Crippen LogP contribution is 2.38. The number of anilines is 1. The predicted octanol–water partition coefficient (Wildman–Crippen LogP) is 4.45. The van der Waals surface area contributed by atoms with Crippen molar-refractivity contribution >= 4 is 11.6 Å². The fourth-order valence-corrected chi connectivity index (χ4v) is 3.21. The van der Waals surface area contributed by atoms with E-state index >= 15 is 0 Å². The van der Waals surface area contributed by atoms with Crippen LogP contribution in [0.1, 0.15) is 42.6 Å². The van der Waals surface area contributed by atoms with E-state index in [2.05, 4.69) is 5.32 Å². The number of carbonyl (C=O) groups is 1. The van der Waals surface area contributed by atoms with Crippen molar-refractivity contribution in [3.8, 4) is 17.2 Å². The summed E-state index contributed by atoms with van der Waals surface area (Å²) < 4.78 is 17.3. The molecule has 1 N–H and O–H groups in total.